The monoisotopic (exact) mass is 252 g/mol. The first-order valence-corrected chi connectivity index (χ1v) is 6.91. The molecule has 0 spiro atoms. The molecular weight excluding hydrogens is 232 g/mol. The average molecular weight is 252 g/mol. The SMILES string of the molecule is Cc1cc(C(=O)N2CC(C)CC(N)C2)sc1C. The molecule has 1 aromatic heterocycles. The highest BCUT2D eigenvalue weighted by Crippen LogP contribution is 2.24. The molecule has 3 nitrogen and oxygen atoms in total. The van der Waals surface area contributed by atoms with E-state index in [-0.39, 0.29) is 11.9 Å². The van der Waals surface area contributed by atoms with Crippen molar-refractivity contribution in [1.82, 2.24) is 4.90 Å². The van der Waals surface area contributed by atoms with Crippen LogP contribution < -0.4 is 5.73 Å². The lowest BCUT2D eigenvalue weighted by atomic mass is 9.96. The smallest absolute Gasteiger partial charge is 0.264 e. The number of rotatable bonds is 1. The van der Waals surface area contributed by atoms with Gasteiger partial charge in [-0.25, -0.2) is 0 Å². The van der Waals surface area contributed by atoms with Gasteiger partial charge in [-0.1, -0.05) is 6.92 Å². The van der Waals surface area contributed by atoms with Crippen LogP contribution in [-0.2, 0) is 0 Å². The Morgan fingerprint density at radius 3 is 2.71 bits per heavy atom. The number of nitrogens with zero attached hydrogens (tertiary/aromatic N) is 1. The highest BCUT2D eigenvalue weighted by atomic mass is 32.1. The normalized spacial score (nSPS) is 25.1. The van der Waals surface area contributed by atoms with E-state index in [4.69, 9.17) is 5.73 Å². The van der Waals surface area contributed by atoms with Crippen LogP contribution in [0.3, 0.4) is 0 Å². The number of piperidine rings is 1. The van der Waals surface area contributed by atoms with Gasteiger partial charge in [-0.05, 0) is 37.8 Å². The fourth-order valence-corrected chi connectivity index (χ4v) is 3.40. The summed E-state index contributed by atoms with van der Waals surface area (Å²) in [5.41, 5.74) is 7.18. The molecule has 1 aliphatic rings. The molecule has 2 N–H and O–H groups in total. The summed E-state index contributed by atoms with van der Waals surface area (Å²) in [4.78, 5) is 16.3. The van der Waals surface area contributed by atoms with Crippen molar-refractivity contribution in [3.8, 4) is 0 Å². The maximum atomic E-state index is 12.3. The number of hydrogen-bond donors (Lipinski definition) is 1. The third-order valence-electron chi connectivity index (χ3n) is 3.36. The Bertz CT molecular complexity index is 398. The molecular formula is C13H20N2OS. The van der Waals surface area contributed by atoms with Gasteiger partial charge in [-0.3, -0.25) is 4.79 Å². The fourth-order valence-electron chi connectivity index (χ4n) is 2.40. The van der Waals surface area contributed by atoms with E-state index in [1.807, 2.05) is 17.9 Å². The fraction of sp³-hybridized carbons (Fsp3) is 0.615. The number of carbonyl (C=O) groups excluding carboxylic acids is 1. The van der Waals surface area contributed by atoms with E-state index in [2.05, 4.69) is 13.8 Å². The van der Waals surface area contributed by atoms with Gasteiger partial charge >= 0.3 is 0 Å². The zero-order chi connectivity index (χ0) is 12.6. The Balaban J connectivity index is 2.14. The largest absolute Gasteiger partial charge is 0.336 e. The Labute approximate surface area is 107 Å². The van der Waals surface area contributed by atoms with E-state index in [9.17, 15) is 4.79 Å². The molecule has 0 saturated carbocycles. The average Bonchev–Trinajstić information content (AvgIpc) is 2.57. The molecule has 2 rings (SSSR count). The first-order chi connectivity index (χ1) is 7.97. The van der Waals surface area contributed by atoms with Crippen LogP contribution in [0.2, 0.25) is 0 Å². The molecule has 4 heteroatoms. The molecule has 1 aromatic rings. The predicted molar refractivity (Wildman–Crippen MR) is 71.5 cm³/mol. The Kier molecular flexibility index (Phi) is 3.54. The molecule has 1 amide bonds. The minimum atomic E-state index is 0.129. The summed E-state index contributed by atoms with van der Waals surface area (Å²) >= 11 is 1.59. The lowest BCUT2D eigenvalue weighted by Gasteiger charge is -2.34. The lowest BCUT2D eigenvalue weighted by Crippen LogP contribution is -2.48. The highest BCUT2D eigenvalue weighted by molar-refractivity contribution is 7.14. The Hall–Kier alpha value is -0.870. The second kappa shape index (κ2) is 4.78. The quantitative estimate of drug-likeness (QED) is 0.832. The lowest BCUT2D eigenvalue weighted by molar-refractivity contribution is 0.0666. The van der Waals surface area contributed by atoms with Crippen LogP contribution in [0.5, 0.6) is 0 Å². The van der Waals surface area contributed by atoms with Gasteiger partial charge in [0.25, 0.3) is 5.91 Å². The van der Waals surface area contributed by atoms with Crippen molar-refractivity contribution in [2.75, 3.05) is 13.1 Å². The van der Waals surface area contributed by atoms with Crippen molar-refractivity contribution in [3.63, 3.8) is 0 Å². The Morgan fingerprint density at radius 1 is 1.47 bits per heavy atom. The molecule has 0 bridgehead atoms. The number of nitrogens with two attached hydrogens (primary N) is 1. The summed E-state index contributed by atoms with van der Waals surface area (Å²) in [6, 6.07) is 2.12. The molecule has 1 fully saturated rings. The summed E-state index contributed by atoms with van der Waals surface area (Å²) in [6.07, 6.45) is 1.02. The van der Waals surface area contributed by atoms with E-state index in [1.165, 1.54) is 10.4 Å². The predicted octanol–water partition coefficient (Wildman–Crippen LogP) is 2.17. The van der Waals surface area contributed by atoms with Gasteiger partial charge in [0.15, 0.2) is 0 Å². The zero-order valence-corrected chi connectivity index (χ0v) is 11.5. The molecule has 2 heterocycles. The highest BCUT2D eigenvalue weighted by Gasteiger charge is 2.27. The first-order valence-electron chi connectivity index (χ1n) is 6.09. The molecule has 94 valence electrons. The summed E-state index contributed by atoms with van der Waals surface area (Å²) < 4.78 is 0. The molecule has 0 aromatic carbocycles. The zero-order valence-electron chi connectivity index (χ0n) is 10.7. The van der Waals surface area contributed by atoms with Gasteiger partial charge in [-0.15, -0.1) is 11.3 Å². The van der Waals surface area contributed by atoms with Crippen LogP contribution in [0.15, 0.2) is 6.07 Å². The summed E-state index contributed by atoms with van der Waals surface area (Å²) in [6.45, 7) is 7.79. The number of carbonyl (C=O) groups is 1. The van der Waals surface area contributed by atoms with Crippen LogP contribution >= 0.6 is 11.3 Å². The minimum Gasteiger partial charge on any atom is -0.336 e. The summed E-state index contributed by atoms with van der Waals surface area (Å²) in [7, 11) is 0. The third kappa shape index (κ3) is 2.69. The van der Waals surface area contributed by atoms with Crippen molar-refractivity contribution in [3.05, 3.63) is 21.4 Å². The van der Waals surface area contributed by atoms with E-state index in [0.717, 1.165) is 17.8 Å². The molecule has 2 unspecified atom stereocenters. The standard InChI is InChI=1S/C13H20N2OS/c1-8-4-11(14)7-15(6-8)13(16)12-5-9(2)10(3)17-12/h5,8,11H,4,6-7,14H2,1-3H3. The van der Waals surface area contributed by atoms with E-state index < -0.39 is 0 Å². The van der Waals surface area contributed by atoms with Gasteiger partial charge in [0.05, 0.1) is 4.88 Å². The molecule has 2 atom stereocenters. The first kappa shape index (κ1) is 12.6. The van der Waals surface area contributed by atoms with Crippen molar-refractivity contribution in [1.29, 1.82) is 0 Å². The number of hydrogen-bond acceptors (Lipinski definition) is 3. The van der Waals surface area contributed by atoms with E-state index >= 15 is 0 Å². The van der Waals surface area contributed by atoms with E-state index in [1.54, 1.807) is 11.3 Å². The molecule has 1 saturated heterocycles. The second-order valence-corrected chi connectivity index (χ2v) is 6.42. The Morgan fingerprint density at radius 2 is 2.18 bits per heavy atom. The van der Waals surface area contributed by atoms with E-state index in [0.29, 0.717) is 12.5 Å². The van der Waals surface area contributed by atoms with Gasteiger partial charge in [0.1, 0.15) is 0 Å². The summed E-state index contributed by atoms with van der Waals surface area (Å²) in [5.74, 6) is 0.651. The minimum absolute atomic E-state index is 0.129. The molecule has 1 aliphatic heterocycles. The molecule has 0 radical (unpaired) electrons. The van der Waals surface area contributed by atoms with Crippen LogP contribution in [0.1, 0.15) is 33.5 Å². The van der Waals surface area contributed by atoms with Crippen LogP contribution in [0.25, 0.3) is 0 Å². The maximum Gasteiger partial charge on any atom is 0.264 e. The number of likely N-dealkylation sites (tertiary alicyclic amines) is 1. The van der Waals surface area contributed by atoms with Crippen molar-refractivity contribution in [2.45, 2.75) is 33.2 Å². The van der Waals surface area contributed by atoms with Crippen LogP contribution in [-0.4, -0.2) is 29.9 Å². The third-order valence-corrected chi connectivity index (χ3v) is 4.50. The van der Waals surface area contributed by atoms with Crippen molar-refractivity contribution >= 4 is 17.2 Å². The van der Waals surface area contributed by atoms with Gasteiger partial charge in [0, 0.05) is 24.0 Å². The van der Waals surface area contributed by atoms with Crippen molar-refractivity contribution < 1.29 is 4.79 Å². The van der Waals surface area contributed by atoms with Crippen LogP contribution in [0.4, 0.5) is 0 Å². The van der Waals surface area contributed by atoms with Crippen LogP contribution in [0, 0.1) is 19.8 Å². The van der Waals surface area contributed by atoms with Gasteiger partial charge < -0.3 is 10.6 Å². The second-order valence-electron chi connectivity index (χ2n) is 5.16. The van der Waals surface area contributed by atoms with Crippen molar-refractivity contribution in [2.24, 2.45) is 11.7 Å². The number of thiophene rings is 1. The number of aryl methyl sites for hydroxylation is 2. The molecule has 0 aliphatic carbocycles. The summed E-state index contributed by atoms with van der Waals surface area (Å²) in [5, 5.41) is 0. The number of amides is 1. The molecule has 17 heavy (non-hydrogen) atoms. The van der Waals surface area contributed by atoms with Gasteiger partial charge in [-0.2, -0.15) is 0 Å². The maximum absolute atomic E-state index is 12.3. The topological polar surface area (TPSA) is 46.3 Å². The van der Waals surface area contributed by atoms with Gasteiger partial charge in [0.2, 0.25) is 0 Å².